The highest BCUT2D eigenvalue weighted by Crippen LogP contribution is 2.37. The maximum absolute atomic E-state index is 6.14. The van der Waals surface area contributed by atoms with Crippen molar-refractivity contribution < 1.29 is 0 Å². The Morgan fingerprint density at radius 1 is 0.484 bits per heavy atom. The zero-order valence-electron chi connectivity index (χ0n) is 54.4. The van der Waals surface area contributed by atoms with E-state index in [4.69, 9.17) is 22.9 Å². The van der Waals surface area contributed by atoms with Gasteiger partial charge in [-0.15, -0.1) is 45.3 Å². The van der Waals surface area contributed by atoms with Crippen LogP contribution in [0.3, 0.4) is 0 Å². The first-order chi connectivity index (χ1) is 46.4. The lowest BCUT2D eigenvalue weighted by Gasteiger charge is -2.24. The molecule has 12 aromatic rings. The van der Waals surface area contributed by atoms with Gasteiger partial charge in [0.2, 0.25) is 0 Å². The smallest absolute Gasteiger partial charge is 0.141 e. The average Bonchev–Trinajstić information content (AvgIpc) is 1.72. The van der Waals surface area contributed by atoms with Crippen molar-refractivity contribution in [1.82, 2.24) is 39.5 Å². The standard InChI is InChI=1S/C20H22N4S.C19H22N4S.2C18H20N4S/c1-2-24-9-7-14(8-10-24)17-13-22-18-6-5-15(12-16(17)18)23-20(21)19-4-3-11-25-19;1-23-8-2-4-15(23)10-13-12-21-17-7-6-14(11-16(13)17)22-19(20)18-5-3-9-24-18;2*1-22-7-6-12(11-22)15-10-20-16-5-4-13(9-14(15)16)21-18(19)17-3-2-8-23-17/h3-7,11-13,22H,2,8-10H2,1H3,(H2,21,23);3,5-7,9,11-12,15,21H,2,4,8,10H2,1H3,(H2,20,22);2*2-5,8-10,12,20H,6-7,11H2,1H3,(H2,19,21)/t;15-;;/m.1../s1. The number of nitrogens with two attached hydrogens (primary N) is 4. The van der Waals surface area contributed by atoms with Crippen LogP contribution < -0.4 is 22.9 Å². The Morgan fingerprint density at radius 2 is 0.905 bits per heavy atom. The zero-order chi connectivity index (χ0) is 65.4. The highest BCUT2D eigenvalue weighted by molar-refractivity contribution is 7.13. The first-order valence-electron chi connectivity index (χ1n) is 32.8. The predicted molar refractivity (Wildman–Crippen MR) is 406 cm³/mol. The van der Waals surface area contributed by atoms with E-state index in [-0.39, 0.29) is 0 Å². The summed E-state index contributed by atoms with van der Waals surface area (Å²) in [7, 11) is 6.60. The summed E-state index contributed by atoms with van der Waals surface area (Å²) in [6.07, 6.45) is 18.1. The van der Waals surface area contributed by atoms with Crippen LogP contribution in [0, 0.1) is 0 Å². The van der Waals surface area contributed by atoms with Gasteiger partial charge in [0.1, 0.15) is 23.3 Å². The van der Waals surface area contributed by atoms with Crippen LogP contribution in [0.4, 0.5) is 22.7 Å². The van der Waals surface area contributed by atoms with Crippen molar-refractivity contribution in [2.45, 2.75) is 63.3 Å². The summed E-state index contributed by atoms with van der Waals surface area (Å²) in [5.41, 5.74) is 39.6. The highest BCUT2D eigenvalue weighted by atomic mass is 32.1. The third-order valence-corrected chi connectivity index (χ3v) is 22.3. The Kier molecular flexibility index (Phi) is 20.5. The summed E-state index contributed by atoms with van der Waals surface area (Å²) >= 11 is 6.44. The SMILES string of the molecule is CCN1CC=C(c2c[nH]c3ccc(N=C(N)c4cccs4)cc23)CC1.CN1CCC(c2c[nH]c3ccc(N=C(N)c4cccs4)cc23)C1.CN1CCC(c2c[nH]c3ccc(N=C(N)c4cccs4)cc23)C1.CN1CCC[C@@H]1Cc1c[nH]c2ccc(N=C(N)c3cccs3)cc12. The molecule has 16 nitrogen and oxygen atoms in total. The second-order valence-corrected chi connectivity index (χ2v) is 29.0. The Labute approximate surface area is 571 Å². The molecule has 8 aromatic heterocycles. The van der Waals surface area contributed by atoms with Gasteiger partial charge in [-0.3, -0.25) is 4.90 Å². The fourth-order valence-corrected chi connectivity index (χ4v) is 16.0. The van der Waals surface area contributed by atoms with Crippen molar-refractivity contribution in [2.24, 2.45) is 42.9 Å². The second-order valence-electron chi connectivity index (χ2n) is 25.2. The Balaban J connectivity index is 0.000000115. The minimum atomic E-state index is 0.571. The zero-order valence-corrected chi connectivity index (χ0v) is 57.7. The molecule has 0 bridgehead atoms. The van der Waals surface area contributed by atoms with Crippen LogP contribution >= 0.6 is 45.3 Å². The van der Waals surface area contributed by atoms with E-state index in [0.29, 0.717) is 41.2 Å². The lowest BCUT2D eigenvalue weighted by molar-refractivity contribution is 0.310. The Morgan fingerprint density at radius 3 is 1.29 bits per heavy atom. The van der Waals surface area contributed by atoms with Crippen LogP contribution in [0.2, 0.25) is 0 Å². The van der Waals surface area contributed by atoms with Crippen molar-refractivity contribution in [3.63, 3.8) is 0 Å². The maximum atomic E-state index is 6.14. The number of nitrogens with zero attached hydrogens (tertiary/aromatic N) is 8. The summed E-state index contributed by atoms with van der Waals surface area (Å²) < 4.78 is 0. The number of likely N-dealkylation sites (N-methyl/N-ethyl adjacent to an activating group) is 4. The molecule has 4 aliphatic heterocycles. The predicted octanol–water partition coefficient (Wildman–Crippen LogP) is 15.6. The summed E-state index contributed by atoms with van der Waals surface area (Å²) in [4.78, 5) is 45.7. The number of aromatic nitrogens is 4. The molecular weight excluding hydrogens is 1250 g/mol. The molecule has 20 heteroatoms. The first-order valence-corrected chi connectivity index (χ1v) is 36.3. The molecule has 4 aliphatic rings. The molecule has 0 amide bonds. The molecule has 0 aliphatic carbocycles. The number of amidine groups is 4. The van der Waals surface area contributed by atoms with E-state index < -0.39 is 0 Å². The minimum Gasteiger partial charge on any atom is -0.383 e. The van der Waals surface area contributed by atoms with Crippen LogP contribution in [0.25, 0.3) is 49.2 Å². The molecule has 12 N–H and O–H groups in total. The van der Waals surface area contributed by atoms with Gasteiger partial charge >= 0.3 is 0 Å². The number of benzene rings is 4. The quantitative estimate of drug-likeness (QED) is 0.0385. The van der Waals surface area contributed by atoms with Crippen molar-refractivity contribution in [3.8, 4) is 0 Å². The number of likely N-dealkylation sites (tertiary alicyclic amines) is 3. The number of H-pyrrole nitrogens is 4. The van der Waals surface area contributed by atoms with E-state index in [9.17, 15) is 0 Å². The normalized spacial score (nSPS) is 18.7. The third kappa shape index (κ3) is 15.5. The molecule has 95 heavy (non-hydrogen) atoms. The molecule has 0 saturated carbocycles. The molecule has 0 radical (unpaired) electrons. The van der Waals surface area contributed by atoms with E-state index in [2.05, 4.69) is 167 Å². The topological polar surface area (TPSA) is 230 Å². The summed E-state index contributed by atoms with van der Waals surface area (Å²) in [6.45, 7) is 11.3. The number of nitrogens with one attached hydrogen (secondary N) is 4. The van der Waals surface area contributed by atoms with Crippen LogP contribution in [0.5, 0.6) is 0 Å². The van der Waals surface area contributed by atoms with Crippen molar-refractivity contribution >= 4 is 141 Å². The van der Waals surface area contributed by atoms with E-state index in [0.717, 1.165) is 93.3 Å². The number of aromatic amines is 4. The molecule has 4 aromatic carbocycles. The number of thiophene rings is 4. The van der Waals surface area contributed by atoms with Gasteiger partial charge in [0.25, 0.3) is 0 Å². The van der Waals surface area contributed by atoms with Crippen molar-refractivity contribution in [3.05, 3.63) is 215 Å². The fourth-order valence-electron chi connectivity index (χ4n) is 13.5. The van der Waals surface area contributed by atoms with Gasteiger partial charge in [-0.05, 0) is 239 Å². The molecule has 12 heterocycles. The molecular formula is C75H84N16S4. The van der Waals surface area contributed by atoms with Crippen molar-refractivity contribution in [1.29, 1.82) is 0 Å². The van der Waals surface area contributed by atoms with Gasteiger partial charge in [0.05, 0.1) is 42.3 Å². The lowest BCUT2D eigenvalue weighted by atomic mass is 9.98. The minimum absolute atomic E-state index is 0.571. The van der Waals surface area contributed by atoms with Gasteiger partial charge < -0.3 is 57.6 Å². The van der Waals surface area contributed by atoms with E-state index in [1.165, 1.54) is 111 Å². The largest absolute Gasteiger partial charge is 0.383 e. The van der Waals surface area contributed by atoms with E-state index >= 15 is 0 Å². The number of rotatable bonds is 14. The average molecular weight is 1340 g/mol. The number of aliphatic imine (C=N–C) groups is 4. The second kappa shape index (κ2) is 29.9. The number of fused-ring (bicyclic) bond motifs is 4. The monoisotopic (exact) mass is 1340 g/mol. The summed E-state index contributed by atoms with van der Waals surface area (Å²) in [5, 5.41) is 13.1. The third-order valence-electron chi connectivity index (χ3n) is 18.8. The first kappa shape index (κ1) is 65.0. The molecule has 16 rings (SSSR count). The van der Waals surface area contributed by atoms with Gasteiger partial charge in [-0.1, -0.05) is 37.3 Å². The number of hydrogen-bond donors (Lipinski definition) is 8. The fraction of sp³-hybridized carbons (Fsp3) is 0.280. The van der Waals surface area contributed by atoms with Crippen LogP contribution in [-0.2, 0) is 6.42 Å². The molecule has 3 saturated heterocycles. The van der Waals surface area contributed by atoms with Crippen LogP contribution in [0.15, 0.2) is 194 Å². The molecule has 2 unspecified atom stereocenters. The van der Waals surface area contributed by atoms with E-state index in [1.807, 2.05) is 94.3 Å². The van der Waals surface area contributed by atoms with Crippen molar-refractivity contribution in [2.75, 3.05) is 73.5 Å². The van der Waals surface area contributed by atoms with E-state index in [1.54, 1.807) is 45.3 Å². The molecule has 0 spiro atoms. The maximum Gasteiger partial charge on any atom is 0.141 e. The Hall–Kier alpha value is -8.70. The van der Waals surface area contributed by atoms with Gasteiger partial charge in [0, 0.05) is 106 Å². The summed E-state index contributed by atoms with van der Waals surface area (Å²) in [5.74, 6) is 3.51. The Bertz CT molecular complexity index is 4530. The summed E-state index contributed by atoms with van der Waals surface area (Å²) in [6, 6.07) is 41.6. The van der Waals surface area contributed by atoms with Gasteiger partial charge in [-0.2, -0.15) is 0 Å². The molecule has 3 atom stereocenters. The van der Waals surface area contributed by atoms with Crippen LogP contribution in [-0.4, -0.2) is 142 Å². The van der Waals surface area contributed by atoms with Gasteiger partial charge in [0.15, 0.2) is 0 Å². The lowest BCUT2D eigenvalue weighted by Crippen LogP contribution is -2.27. The highest BCUT2D eigenvalue weighted by Gasteiger charge is 2.26. The number of hydrogen-bond acceptors (Lipinski definition) is 12. The molecule has 3 fully saturated rings. The van der Waals surface area contributed by atoms with Gasteiger partial charge in [-0.25, -0.2) is 20.0 Å². The van der Waals surface area contributed by atoms with Crippen LogP contribution in [0.1, 0.15) is 92.6 Å². The molecule has 488 valence electrons.